The standard InChI is InChI=1S/C33H33I2N4O/c1-18(2)29-22-13-24-15-23(29)16-25(14-22)30(24)39-32(36)21-10-11-26-27(17-21)35-31(34-26)19-6-8-20(9-7-19)33(40)38-28-5-3-4-12-37-28/h3-12,17,22-25,29-30H,1,13-16H2,2H3,(H2,36,39)(H,37,38,40)/q-1. The van der Waals surface area contributed by atoms with Crippen LogP contribution in [-0.2, 0) is 0 Å². The molecule has 1 amide bonds. The van der Waals surface area contributed by atoms with E-state index in [4.69, 9.17) is 10.7 Å². The molecule has 206 valence electrons. The van der Waals surface area contributed by atoms with E-state index in [-0.39, 0.29) is 47.8 Å². The number of nitrogens with one attached hydrogen (secondary N) is 1. The first kappa shape index (κ1) is 26.5. The van der Waals surface area contributed by atoms with E-state index in [1.165, 1.54) is 44.0 Å². The van der Waals surface area contributed by atoms with Crippen molar-refractivity contribution in [3.05, 3.63) is 103 Å². The van der Waals surface area contributed by atoms with Gasteiger partial charge >= 0.3 is 244 Å². The zero-order valence-electron chi connectivity index (χ0n) is 22.5. The van der Waals surface area contributed by atoms with Gasteiger partial charge in [0.1, 0.15) is 0 Å². The Morgan fingerprint density at radius 2 is 1.70 bits per heavy atom. The SMILES string of the molecule is C=C(C)C1C2CC3CC1CC(C2)C3N=C(N)c1ccc2c(c1)I=C(c1ccc(C(=O)Nc3ccccn3)cc1)[I-]2. The Morgan fingerprint density at radius 3 is 2.35 bits per heavy atom. The molecule has 0 spiro atoms. The van der Waals surface area contributed by atoms with Gasteiger partial charge in [-0.25, -0.2) is 0 Å². The molecule has 3 aromatic rings. The molecule has 8 rings (SSSR count). The minimum atomic E-state index is -0.237. The van der Waals surface area contributed by atoms with E-state index in [1.54, 1.807) is 13.8 Å². The van der Waals surface area contributed by atoms with E-state index in [0.29, 0.717) is 29.3 Å². The van der Waals surface area contributed by atoms with Crippen molar-refractivity contribution in [1.29, 1.82) is 0 Å². The Morgan fingerprint density at radius 1 is 1.00 bits per heavy atom. The molecule has 1 aromatic heterocycles. The summed E-state index contributed by atoms with van der Waals surface area (Å²) in [5.41, 5.74) is 11.1. The van der Waals surface area contributed by atoms with E-state index < -0.39 is 0 Å². The van der Waals surface area contributed by atoms with Crippen LogP contribution in [0.4, 0.5) is 5.82 Å². The molecule has 5 aliphatic rings. The number of nitrogens with two attached hydrogens (primary N) is 1. The van der Waals surface area contributed by atoms with Gasteiger partial charge in [0.25, 0.3) is 0 Å². The molecule has 3 N–H and O–H groups in total. The topological polar surface area (TPSA) is 80.4 Å². The van der Waals surface area contributed by atoms with Gasteiger partial charge in [-0.15, -0.1) is 0 Å². The first-order valence-corrected chi connectivity index (χ1v) is 18.4. The Balaban J connectivity index is 1.05. The normalized spacial score (nSPS) is 28.6. The average Bonchev–Trinajstić information content (AvgIpc) is 3.38. The van der Waals surface area contributed by atoms with E-state index in [0.717, 1.165) is 29.2 Å². The van der Waals surface area contributed by atoms with Crippen LogP contribution < -0.4 is 32.3 Å². The van der Waals surface area contributed by atoms with Crippen LogP contribution in [0.2, 0.25) is 0 Å². The van der Waals surface area contributed by atoms with Crippen molar-refractivity contribution in [3.63, 3.8) is 0 Å². The second kappa shape index (κ2) is 10.8. The number of halogens is 2. The molecule has 0 atom stereocenters. The van der Waals surface area contributed by atoms with Crippen LogP contribution in [0.25, 0.3) is 0 Å². The summed E-state index contributed by atoms with van der Waals surface area (Å²) in [6.45, 7) is 6.56. The van der Waals surface area contributed by atoms with Gasteiger partial charge < -0.3 is 0 Å². The van der Waals surface area contributed by atoms with E-state index in [2.05, 4.69) is 54.1 Å². The fraction of sp³-hybridized carbons (Fsp3) is 0.333. The van der Waals surface area contributed by atoms with Crippen molar-refractivity contribution < 1.29 is 26.0 Å². The molecule has 0 radical (unpaired) electrons. The van der Waals surface area contributed by atoms with Gasteiger partial charge in [0, 0.05) is 0 Å². The number of amidine groups is 1. The first-order chi connectivity index (χ1) is 19.4. The van der Waals surface area contributed by atoms with Gasteiger partial charge in [-0.2, -0.15) is 0 Å². The molecule has 2 heterocycles. The van der Waals surface area contributed by atoms with Crippen molar-refractivity contribution >= 4 is 39.8 Å². The molecule has 1 aliphatic heterocycles. The third kappa shape index (κ3) is 4.97. The second-order valence-electron chi connectivity index (χ2n) is 11.7. The van der Waals surface area contributed by atoms with Crippen LogP contribution in [0.15, 0.2) is 84.0 Å². The number of pyridine rings is 1. The molecular formula is C33H33I2N4O-. The van der Waals surface area contributed by atoms with Gasteiger partial charge in [-0.1, -0.05) is 6.58 Å². The Kier molecular flexibility index (Phi) is 7.14. The number of hydrogen-bond acceptors (Lipinski definition) is 3. The van der Waals surface area contributed by atoms with Crippen LogP contribution in [0.5, 0.6) is 0 Å². The number of carbonyl (C=O) groups excluding carboxylic acids is 1. The predicted octanol–water partition coefficient (Wildman–Crippen LogP) is 3.26. The molecule has 4 saturated carbocycles. The predicted molar refractivity (Wildman–Crippen MR) is 166 cm³/mol. The molecule has 4 aliphatic carbocycles. The maximum atomic E-state index is 12.6. The number of hydrogen-bond donors (Lipinski definition) is 2. The summed E-state index contributed by atoms with van der Waals surface area (Å²) in [5, 5.41) is 2.86. The molecular weight excluding hydrogens is 722 g/mol. The molecule has 4 bridgehead atoms. The van der Waals surface area contributed by atoms with Gasteiger partial charge in [-0.05, 0) is 6.92 Å². The van der Waals surface area contributed by atoms with Gasteiger partial charge in [0.2, 0.25) is 0 Å². The second-order valence-corrected chi connectivity index (χ2v) is 19.3. The number of amides is 1. The number of rotatable bonds is 6. The molecule has 0 unspecified atom stereocenters. The summed E-state index contributed by atoms with van der Waals surface area (Å²) in [6.07, 6.45) is 6.87. The zero-order chi connectivity index (χ0) is 27.4. The quantitative estimate of drug-likeness (QED) is 0.176. The monoisotopic (exact) mass is 755 g/mol. The molecule has 5 nitrogen and oxygen atoms in total. The summed E-state index contributed by atoms with van der Waals surface area (Å²) in [6, 6.07) is 20.8. The summed E-state index contributed by atoms with van der Waals surface area (Å²) in [4.78, 5) is 22.0. The van der Waals surface area contributed by atoms with Crippen molar-refractivity contribution in [3.8, 4) is 0 Å². The van der Waals surface area contributed by atoms with Crippen LogP contribution in [-0.4, -0.2) is 24.3 Å². The third-order valence-electron chi connectivity index (χ3n) is 9.12. The number of aromatic nitrogens is 1. The number of allylic oxidation sites excluding steroid dienone is 1. The fourth-order valence-electron chi connectivity index (χ4n) is 7.59. The molecule has 0 saturated heterocycles. The average molecular weight is 755 g/mol. The number of benzene rings is 2. The number of anilines is 1. The number of aliphatic imine (C=N–C) groups is 1. The minimum absolute atomic E-state index is 0.136. The van der Waals surface area contributed by atoms with Gasteiger partial charge in [0.15, 0.2) is 0 Å². The third-order valence-corrected chi connectivity index (χ3v) is 18.1. The van der Waals surface area contributed by atoms with Gasteiger partial charge in [-0.3, -0.25) is 0 Å². The summed E-state index contributed by atoms with van der Waals surface area (Å²) < 4.78 is 4.59. The van der Waals surface area contributed by atoms with Crippen LogP contribution in [0.1, 0.15) is 54.1 Å². The van der Waals surface area contributed by atoms with Crippen molar-refractivity contribution in [2.75, 3.05) is 5.32 Å². The number of fused-ring (bicyclic) bond motifs is 1. The molecule has 4 fully saturated rings. The number of carbonyl (C=O) groups is 1. The van der Waals surface area contributed by atoms with Crippen molar-refractivity contribution in [2.45, 2.75) is 38.6 Å². The van der Waals surface area contributed by atoms with Crippen LogP contribution in [0, 0.1) is 36.7 Å². The molecule has 40 heavy (non-hydrogen) atoms. The van der Waals surface area contributed by atoms with Crippen LogP contribution >= 0.6 is 20.7 Å². The first-order valence-electron chi connectivity index (χ1n) is 14.1. The Labute approximate surface area is 256 Å². The maximum absolute atomic E-state index is 12.6. The van der Waals surface area contributed by atoms with Crippen LogP contribution in [0.3, 0.4) is 0 Å². The molecule has 2 aromatic carbocycles. The molecule has 7 heteroatoms. The van der Waals surface area contributed by atoms with Gasteiger partial charge in [0.05, 0.1) is 0 Å². The summed E-state index contributed by atoms with van der Waals surface area (Å²) >= 11 is -0.427. The fourth-order valence-corrected chi connectivity index (χ4v) is 16.8. The summed E-state index contributed by atoms with van der Waals surface area (Å²) in [5.74, 6) is 4.92. The summed E-state index contributed by atoms with van der Waals surface area (Å²) in [7, 11) is 0. The number of nitrogens with zero attached hydrogens (tertiary/aromatic N) is 2. The van der Waals surface area contributed by atoms with E-state index >= 15 is 0 Å². The Bertz CT molecular complexity index is 1520. The van der Waals surface area contributed by atoms with E-state index in [1.807, 2.05) is 24.3 Å². The van der Waals surface area contributed by atoms with Crippen molar-refractivity contribution in [1.82, 2.24) is 4.98 Å². The van der Waals surface area contributed by atoms with E-state index in [9.17, 15) is 4.79 Å². The Hall–Kier alpha value is -2.40. The van der Waals surface area contributed by atoms with Crippen molar-refractivity contribution in [2.24, 2.45) is 40.3 Å². The zero-order valence-corrected chi connectivity index (χ0v) is 26.8.